The van der Waals surface area contributed by atoms with Gasteiger partial charge in [0.2, 0.25) is 0 Å². The van der Waals surface area contributed by atoms with Gasteiger partial charge in [0.25, 0.3) is 5.97 Å². The maximum absolute atomic E-state index is 12.5. The molecule has 1 N–H and O–H groups in total. The Labute approximate surface area is 188 Å². The summed E-state index contributed by atoms with van der Waals surface area (Å²) in [5, 5.41) is 10.7. The van der Waals surface area contributed by atoms with E-state index in [1.165, 1.54) is 0 Å². The van der Waals surface area contributed by atoms with Gasteiger partial charge in [-0.25, -0.2) is 4.79 Å². The Morgan fingerprint density at radius 3 is 2.56 bits per heavy atom. The molecule has 0 unspecified atom stereocenters. The minimum atomic E-state index is -1.03. The molecular weight excluding hydrogens is 414 g/mol. The molecule has 0 spiro atoms. The Kier molecular flexibility index (Phi) is 7.14. The number of aliphatic hydroxyl groups is 1. The summed E-state index contributed by atoms with van der Waals surface area (Å²) in [5.41, 5.74) is 0.821. The number of fused-ring (bicyclic) bond motifs is 3. The van der Waals surface area contributed by atoms with Crippen LogP contribution in [0.5, 0.6) is 0 Å². The third-order valence-corrected chi connectivity index (χ3v) is 6.48. The molecule has 4 saturated heterocycles. The Morgan fingerprint density at radius 1 is 1.19 bits per heavy atom. The summed E-state index contributed by atoms with van der Waals surface area (Å²) in [6.45, 7) is 4.55. The molecule has 176 valence electrons. The number of aliphatic hydroxyl groups excluding tert-OH is 1. The third kappa shape index (κ3) is 5.49. The molecule has 0 aliphatic carbocycles. The molecule has 5 rings (SSSR count). The van der Waals surface area contributed by atoms with Gasteiger partial charge in [-0.15, -0.1) is 0 Å². The van der Waals surface area contributed by atoms with Crippen molar-refractivity contribution in [2.45, 2.75) is 70.2 Å². The van der Waals surface area contributed by atoms with Crippen molar-refractivity contribution in [1.82, 2.24) is 4.90 Å². The fourth-order valence-corrected chi connectivity index (χ4v) is 4.51. The Morgan fingerprint density at radius 2 is 1.88 bits per heavy atom. The summed E-state index contributed by atoms with van der Waals surface area (Å²) in [6, 6.07) is 9.07. The van der Waals surface area contributed by atoms with Crippen molar-refractivity contribution in [3.8, 4) is 0 Å². The van der Waals surface area contributed by atoms with E-state index in [-0.39, 0.29) is 24.2 Å². The minimum Gasteiger partial charge on any atom is -0.445 e. The maximum atomic E-state index is 12.5. The number of hydrogen-bond donors (Lipinski definition) is 1. The highest BCUT2D eigenvalue weighted by molar-refractivity contribution is 5.79. The van der Waals surface area contributed by atoms with E-state index in [9.17, 15) is 14.7 Å². The predicted molar refractivity (Wildman–Crippen MR) is 115 cm³/mol. The molecule has 4 aliphatic heterocycles. The van der Waals surface area contributed by atoms with Crippen molar-refractivity contribution in [1.29, 1.82) is 0 Å². The van der Waals surface area contributed by atoms with Crippen LogP contribution in [0, 0.1) is 5.41 Å². The zero-order valence-electron chi connectivity index (χ0n) is 18.7. The fourth-order valence-electron chi connectivity index (χ4n) is 4.51. The lowest BCUT2D eigenvalue weighted by atomic mass is 9.91. The predicted octanol–water partition coefficient (Wildman–Crippen LogP) is 3.02. The van der Waals surface area contributed by atoms with Crippen LogP contribution < -0.4 is 0 Å². The zero-order chi connectivity index (χ0) is 22.6. The highest BCUT2D eigenvalue weighted by atomic mass is 16.9. The van der Waals surface area contributed by atoms with E-state index in [0.717, 1.165) is 12.0 Å². The average molecular weight is 448 g/mol. The Hall–Kier alpha value is -2.00. The lowest BCUT2D eigenvalue weighted by Crippen LogP contribution is -2.58. The second-order valence-electron chi connectivity index (χ2n) is 9.47. The summed E-state index contributed by atoms with van der Waals surface area (Å²) < 4.78 is 22.6. The zero-order valence-corrected chi connectivity index (χ0v) is 18.7. The van der Waals surface area contributed by atoms with Crippen LogP contribution in [0.2, 0.25) is 0 Å². The van der Waals surface area contributed by atoms with Crippen LogP contribution in [0.1, 0.15) is 51.0 Å². The normalized spacial score (nSPS) is 30.3. The molecule has 8 nitrogen and oxygen atoms in total. The van der Waals surface area contributed by atoms with Gasteiger partial charge in [0.1, 0.15) is 12.4 Å². The van der Waals surface area contributed by atoms with E-state index in [0.29, 0.717) is 52.0 Å². The van der Waals surface area contributed by atoms with Crippen LogP contribution in [0.15, 0.2) is 30.3 Å². The molecule has 32 heavy (non-hydrogen) atoms. The molecule has 4 aliphatic rings. The first kappa shape index (κ1) is 23.2. The van der Waals surface area contributed by atoms with Gasteiger partial charge in [0.15, 0.2) is 0 Å². The van der Waals surface area contributed by atoms with Crippen LogP contribution in [0.25, 0.3) is 0 Å². The van der Waals surface area contributed by atoms with Crippen LogP contribution in [0.3, 0.4) is 0 Å². The topological polar surface area (TPSA) is 94.5 Å². The van der Waals surface area contributed by atoms with Crippen molar-refractivity contribution < 1.29 is 33.6 Å². The van der Waals surface area contributed by atoms with Gasteiger partial charge >= 0.3 is 6.09 Å². The number of ether oxygens (including phenoxy) is 4. The van der Waals surface area contributed by atoms with E-state index in [1.807, 2.05) is 30.3 Å². The lowest BCUT2D eigenvalue weighted by Gasteiger charge is -2.50. The van der Waals surface area contributed by atoms with Crippen molar-refractivity contribution in [2.24, 2.45) is 5.41 Å². The molecule has 1 amide bonds. The second-order valence-corrected chi connectivity index (χ2v) is 9.47. The third-order valence-electron chi connectivity index (χ3n) is 6.48. The number of carbonyl (C=O) groups excluding carboxylic acids is 2. The molecule has 0 saturated carbocycles. The fraction of sp³-hybridized carbons (Fsp3) is 0.667. The summed E-state index contributed by atoms with van der Waals surface area (Å²) in [5.74, 6) is -1.07. The van der Waals surface area contributed by atoms with E-state index in [4.69, 9.17) is 18.9 Å². The minimum absolute atomic E-state index is 0.0147. The van der Waals surface area contributed by atoms with Gasteiger partial charge in [-0.2, -0.15) is 0 Å². The van der Waals surface area contributed by atoms with Crippen molar-refractivity contribution in [2.75, 3.05) is 26.4 Å². The number of hydrogen-bond acceptors (Lipinski definition) is 7. The van der Waals surface area contributed by atoms with Crippen LogP contribution in [-0.4, -0.2) is 66.4 Å². The van der Waals surface area contributed by atoms with E-state index in [1.54, 1.807) is 4.90 Å². The summed E-state index contributed by atoms with van der Waals surface area (Å²) >= 11 is 0. The highest BCUT2D eigenvalue weighted by Crippen LogP contribution is 2.40. The summed E-state index contributed by atoms with van der Waals surface area (Å²) in [6.07, 6.45) is 1.44. The van der Waals surface area contributed by atoms with Crippen LogP contribution >= 0.6 is 0 Å². The van der Waals surface area contributed by atoms with Crippen LogP contribution in [0.4, 0.5) is 4.79 Å². The van der Waals surface area contributed by atoms with Gasteiger partial charge in [-0.3, -0.25) is 4.79 Å². The number of carbonyl (C=O) groups is 2. The Bertz CT molecular complexity index is 774. The smallest absolute Gasteiger partial charge is 0.410 e. The molecule has 0 aromatic heterocycles. The molecule has 1 aromatic carbocycles. The lowest BCUT2D eigenvalue weighted by molar-refractivity contribution is -0.467. The van der Waals surface area contributed by atoms with E-state index < -0.39 is 24.2 Å². The molecule has 4 heterocycles. The number of benzene rings is 1. The van der Waals surface area contributed by atoms with Gasteiger partial charge in [0, 0.05) is 31.2 Å². The molecule has 2 bridgehead atoms. The van der Waals surface area contributed by atoms with Crippen molar-refractivity contribution >= 4 is 11.9 Å². The van der Waals surface area contributed by atoms with Gasteiger partial charge in [0.05, 0.1) is 32.0 Å². The monoisotopic (exact) mass is 447 g/mol. The van der Waals surface area contributed by atoms with Gasteiger partial charge < -0.3 is 29.0 Å². The quantitative estimate of drug-likeness (QED) is 0.622. The molecular formula is C24H33NO7. The van der Waals surface area contributed by atoms with Crippen molar-refractivity contribution in [3.05, 3.63) is 35.9 Å². The van der Waals surface area contributed by atoms with E-state index in [2.05, 4.69) is 6.92 Å². The number of ketones is 1. The van der Waals surface area contributed by atoms with Gasteiger partial charge in [-0.05, 0) is 24.8 Å². The maximum Gasteiger partial charge on any atom is 0.410 e. The standard InChI is InChI=1S/C24H33NO7/c1-23-15-30-24(31-16-23,32-17-23)11-5-9-19(26)13-21(27)20-10-6-12-25(20)22(28)29-14-18-7-3-2-4-8-18/h2-4,7-8,20-21,27H,5-6,9-17H2,1H3/t20-,21+,23?,24?/m0/s1. The Balaban J connectivity index is 1.20. The average Bonchev–Trinajstić information content (AvgIpc) is 3.30. The summed E-state index contributed by atoms with van der Waals surface area (Å²) in [7, 11) is 0. The largest absolute Gasteiger partial charge is 0.445 e. The first-order valence-electron chi connectivity index (χ1n) is 11.5. The van der Waals surface area contributed by atoms with Gasteiger partial charge in [-0.1, -0.05) is 37.3 Å². The van der Waals surface area contributed by atoms with E-state index >= 15 is 0 Å². The molecule has 8 heteroatoms. The number of amides is 1. The molecule has 4 fully saturated rings. The molecule has 2 atom stereocenters. The second kappa shape index (κ2) is 9.87. The SMILES string of the molecule is CC12COC(CCCC(=O)C[C@@H](O)[C@@H]3CCCN3C(=O)OCc3ccccc3)(OC1)OC2. The number of nitrogens with zero attached hydrogens (tertiary/aromatic N) is 1. The van der Waals surface area contributed by atoms with Crippen molar-refractivity contribution in [3.63, 3.8) is 0 Å². The number of rotatable bonds is 9. The highest BCUT2D eigenvalue weighted by Gasteiger charge is 2.49. The van der Waals surface area contributed by atoms with Crippen LogP contribution in [-0.2, 0) is 30.3 Å². The number of likely N-dealkylation sites (tertiary alicyclic amines) is 1. The number of Topliss-reactive ketones (excluding diaryl/α,β-unsaturated/α-hetero) is 1. The molecule has 0 radical (unpaired) electrons. The molecule has 1 aromatic rings. The first-order chi connectivity index (χ1) is 15.4. The first-order valence-corrected chi connectivity index (χ1v) is 11.5. The summed E-state index contributed by atoms with van der Waals surface area (Å²) in [4.78, 5) is 26.6.